The standard InChI is InChI=1S/C18H25N3O.C15H19N3O4S.2C15H21N3O.2C14H19N3O/c22-17-14-21(13-15-4-2-1-3-5-15)18(19-17)8-10-20(11-9-18)12-16-6-7-16;1-11(19)12-2-4-13(5-3-12)23(21,22)18-10-14(20)17-15(18)6-8-16-9-7-15;1-17-9-7-15(8-10-17)16-11-14(19)18(15)12-13-5-3-2-4-6-13;1-17-9-7-15(8-10-17)16-14(19)12-18(15)11-13-5-3-2-4-6-13;18-13-10-16-14(6-8-15-9-7-14)17(13)11-12-4-2-1-3-5-12;18-13-11-17(10-12-4-2-1-3-5-12)14(16-13)6-8-15-9-7-14/h1-5,16H,6-14H2,(H,19,22);2-5,16H,6-10H2,1H3,(H,17,20);2-6,16H,7-12H2,1H3;2-6H,7-12H2,1H3,(H,16,19);1-5,15-16H,6-11H2;1-5,15H,6-11H2,(H,16,18). The molecule has 12 saturated heterocycles. The normalized spacial score (nSPS) is 23.3. The van der Waals surface area contributed by atoms with E-state index in [2.05, 4.69) is 193 Å². The molecule has 119 heavy (non-hydrogen) atoms. The Bertz CT molecular complexity index is 4470. The number of hydrogen-bond donors (Lipinski definition) is 9. The van der Waals surface area contributed by atoms with Gasteiger partial charge in [-0.15, -0.1) is 0 Å². The van der Waals surface area contributed by atoms with E-state index in [0.717, 1.165) is 162 Å². The van der Waals surface area contributed by atoms with Crippen molar-refractivity contribution in [3.05, 3.63) is 209 Å². The lowest BCUT2D eigenvalue weighted by molar-refractivity contribution is -0.133. The highest BCUT2D eigenvalue weighted by Crippen LogP contribution is 2.39. The number of benzene rings is 6. The topological polar surface area (TPSA) is 291 Å². The summed E-state index contributed by atoms with van der Waals surface area (Å²) >= 11 is 0. The van der Waals surface area contributed by atoms with Crippen LogP contribution < -0.4 is 47.9 Å². The highest BCUT2D eigenvalue weighted by Gasteiger charge is 2.54. The Morgan fingerprint density at radius 1 is 0.370 bits per heavy atom. The van der Waals surface area contributed by atoms with Gasteiger partial charge in [0.1, 0.15) is 5.66 Å². The Morgan fingerprint density at radius 3 is 1.03 bits per heavy atom. The van der Waals surface area contributed by atoms with Crippen LogP contribution >= 0.6 is 0 Å². The van der Waals surface area contributed by atoms with E-state index in [1.54, 1.807) is 0 Å². The minimum Gasteiger partial charge on any atom is -0.337 e. The van der Waals surface area contributed by atoms with Gasteiger partial charge in [0, 0.05) is 84.1 Å². The van der Waals surface area contributed by atoms with Crippen LogP contribution in [0.2, 0.25) is 0 Å². The average Bonchev–Trinajstić information content (AvgIpc) is 1.56. The molecular formula is C91H124N18O9S. The van der Waals surface area contributed by atoms with Gasteiger partial charge >= 0.3 is 0 Å². The van der Waals surface area contributed by atoms with Gasteiger partial charge in [0.25, 0.3) is 0 Å². The average molecular weight is 1650 g/mol. The van der Waals surface area contributed by atoms with Gasteiger partial charge in [-0.05, 0) is 196 Å². The molecule has 12 aliphatic heterocycles. The Morgan fingerprint density at radius 2 is 0.672 bits per heavy atom. The minimum atomic E-state index is -3.81. The number of nitrogens with one attached hydrogen (secondary N) is 9. The quantitative estimate of drug-likeness (QED) is 0.0583. The van der Waals surface area contributed by atoms with E-state index in [1.165, 1.54) is 82.7 Å². The Hall–Kier alpha value is -8.72. The van der Waals surface area contributed by atoms with Gasteiger partial charge < -0.3 is 61.7 Å². The fourth-order valence-corrected chi connectivity index (χ4v) is 21.0. The number of nitrogens with zero attached hydrogens (tertiary/aromatic N) is 9. The monoisotopic (exact) mass is 1640 g/mol. The van der Waals surface area contributed by atoms with E-state index < -0.39 is 15.7 Å². The minimum absolute atomic E-state index is 0.0944. The number of rotatable bonds is 15. The number of hydrogen-bond acceptors (Lipinski definition) is 20. The Kier molecular flexibility index (Phi) is 28.4. The van der Waals surface area contributed by atoms with Crippen molar-refractivity contribution < 1.29 is 42.0 Å². The molecule has 13 aliphatic rings. The maximum absolute atomic E-state index is 13.0. The molecule has 638 valence electrons. The van der Waals surface area contributed by atoms with Crippen molar-refractivity contribution in [1.82, 2.24) is 91.4 Å². The van der Waals surface area contributed by atoms with Crippen molar-refractivity contribution in [2.75, 3.05) is 138 Å². The molecule has 1 aliphatic carbocycles. The predicted octanol–water partition coefficient (Wildman–Crippen LogP) is 5.39. The van der Waals surface area contributed by atoms with Gasteiger partial charge in [0.05, 0.1) is 72.5 Å². The largest absolute Gasteiger partial charge is 0.337 e. The predicted molar refractivity (Wildman–Crippen MR) is 458 cm³/mol. The van der Waals surface area contributed by atoms with E-state index >= 15 is 0 Å². The van der Waals surface area contributed by atoms with Gasteiger partial charge in [-0.1, -0.05) is 164 Å². The van der Waals surface area contributed by atoms with Crippen LogP contribution in [0.5, 0.6) is 0 Å². The summed E-state index contributed by atoms with van der Waals surface area (Å²) in [4.78, 5) is 101. The van der Waals surface area contributed by atoms with Crippen molar-refractivity contribution in [1.29, 1.82) is 0 Å². The van der Waals surface area contributed by atoms with E-state index in [4.69, 9.17) is 0 Å². The number of Topliss-reactive ketones (excluding diaryl/α,β-unsaturated/α-hetero) is 1. The van der Waals surface area contributed by atoms with E-state index in [0.29, 0.717) is 70.8 Å². The van der Waals surface area contributed by atoms with Crippen LogP contribution in [0, 0.1) is 5.92 Å². The third-order valence-electron chi connectivity index (χ3n) is 26.5. The number of carbonyl (C=O) groups is 7. The molecule has 6 amide bonds. The van der Waals surface area contributed by atoms with E-state index in [9.17, 15) is 42.0 Å². The summed E-state index contributed by atoms with van der Waals surface area (Å²) in [6, 6.07) is 57.6. The fraction of sp³-hybridized carbons (Fsp3) is 0.527. The molecule has 0 radical (unpaired) electrons. The molecular weight excluding hydrogens is 1520 g/mol. The van der Waals surface area contributed by atoms with Gasteiger partial charge in [0.15, 0.2) is 5.78 Å². The molecule has 28 heteroatoms. The van der Waals surface area contributed by atoms with Crippen LogP contribution in [0.3, 0.4) is 0 Å². The van der Waals surface area contributed by atoms with Crippen molar-refractivity contribution >= 4 is 51.2 Å². The lowest BCUT2D eigenvalue weighted by Crippen LogP contribution is -2.59. The van der Waals surface area contributed by atoms with Crippen LogP contribution in [-0.4, -0.2) is 266 Å². The lowest BCUT2D eigenvalue weighted by Gasteiger charge is -2.44. The molecule has 6 aromatic rings. The summed E-state index contributed by atoms with van der Waals surface area (Å²) < 4.78 is 27.2. The van der Waals surface area contributed by atoms with Crippen molar-refractivity contribution in [3.8, 4) is 0 Å². The summed E-state index contributed by atoms with van der Waals surface area (Å²) in [5.74, 6) is 1.51. The van der Waals surface area contributed by atoms with Crippen molar-refractivity contribution in [2.45, 2.75) is 168 Å². The van der Waals surface area contributed by atoms with Crippen LogP contribution in [0.4, 0.5) is 0 Å². The van der Waals surface area contributed by atoms with Crippen molar-refractivity contribution in [2.24, 2.45) is 5.92 Å². The maximum atomic E-state index is 13.0. The second-order valence-corrected chi connectivity index (χ2v) is 36.6. The molecule has 27 nitrogen and oxygen atoms in total. The highest BCUT2D eigenvalue weighted by atomic mass is 32.2. The third-order valence-corrected chi connectivity index (χ3v) is 28.5. The summed E-state index contributed by atoms with van der Waals surface area (Å²) in [7, 11) is 0.477. The zero-order valence-electron chi connectivity index (χ0n) is 69.8. The van der Waals surface area contributed by atoms with Gasteiger partial charge in [0.2, 0.25) is 45.5 Å². The highest BCUT2D eigenvalue weighted by molar-refractivity contribution is 7.89. The van der Waals surface area contributed by atoms with Crippen LogP contribution in [-0.2, 0) is 71.5 Å². The second-order valence-electron chi connectivity index (χ2n) is 34.7. The number of amides is 6. The zero-order valence-corrected chi connectivity index (χ0v) is 70.6. The molecule has 9 N–H and O–H groups in total. The summed E-state index contributed by atoms with van der Waals surface area (Å²) in [5.41, 5.74) is 5.30. The molecule has 0 bridgehead atoms. The molecule has 0 aromatic heterocycles. The maximum Gasteiger partial charge on any atom is 0.245 e. The van der Waals surface area contributed by atoms with E-state index in [1.807, 2.05) is 59.5 Å². The number of sulfonamides is 1. The Labute approximate surface area is 702 Å². The van der Waals surface area contributed by atoms with Gasteiger partial charge in [-0.25, -0.2) is 8.42 Å². The molecule has 1 saturated carbocycles. The van der Waals surface area contributed by atoms with Gasteiger partial charge in [-0.2, -0.15) is 4.31 Å². The lowest BCUT2D eigenvalue weighted by atomic mass is 9.95. The summed E-state index contributed by atoms with van der Waals surface area (Å²) in [6.07, 6.45) is 14.0. The molecule has 12 heterocycles. The van der Waals surface area contributed by atoms with Crippen LogP contribution in [0.1, 0.15) is 135 Å². The van der Waals surface area contributed by atoms with Gasteiger partial charge in [-0.3, -0.25) is 58.9 Å². The first-order valence-corrected chi connectivity index (χ1v) is 44.6. The molecule has 6 spiro atoms. The molecule has 19 rings (SSSR count). The molecule has 6 aromatic carbocycles. The number of piperidine rings is 6. The second kappa shape index (κ2) is 39.0. The number of likely N-dealkylation sites (tertiary alicyclic amines) is 3. The summed E-state index contributed by atoms with van der Waals surface area (Å²) in [6.45, 7) is 20.7. The molecule has 0 atom stereocenters. The summed E-state index contributed by atoms with van der Waals surface area (Å²) in [5, 5.41) is 29.3. The molecule has 0 unspecified atom stereocenters. The zero-order chi connectivity index (χ0) is 83.1. The fourth-order valence-electron chi connectivity index (χ4n) is 19.3. The first-order valence-electron chi connectivity index (χ1n) is 43.2. The van der Waals surface area contributed by atoms with Crippen LogP contribution in [0.25, 0.3) is 0 Å². The number of ketones is 1. The first-order chi connectivity index (χ1) is 57.5. The SMILES string of the molecule is CC(=O)c1ccc(S(=O)(=O)N2CC(=O)NC23CCNCC3)cc1.CN1CCC2(CC1)NC(=O)CN2Cc1ccccc1.CN1CCC2(CC1)NCC(=O)N2Cc1ccccc1.O=C1CN(Cc2ccccc2)C2(CCN(CC3CC3)CC2)N1.O=C1CN(Cc2ccccc2)C2(CCNCC2)N1.O=C1CNC2(CCNCC2)N1Cc1ccccc1. The van der Waals surface area contributed by atoms with E-state index in [-0.39, 0.29) is 81.0 Å². The van der Waals surface area contributed by atoms with Crippen molar-refractivity contribution in [3.63, 3.8) is 0 Å². The van der Waals surface area contributed by atoms with Crippen LogP contribution in [0.15, 0.2) is 181 Å². The third kappa shape index (κ3) is 21.4. The molecule has 13 fully saturated rings. The smallest absolute Gasteiger partial charge is 0.245 e. The number of carbonyl (C=O) groups excluding carboxylic acids is 7. The first kappa shape index (κ1) is 86.7. The Balaban J connectivity index is 0.000000117.